The summed E-state index contributed by atoms with van der Waals surface area (Å²) in [6.07, 6.45) is 7.21. The first-order chi connectivity index (χ1) is 28.4. The van der Waals surface area contributed by atoms with Gasteiger partial charge in [-0.15, -0.1) is 0 Å². The SMILES string of the molecule is CC[C@@H]1CN2CC[C@@]3(O)C(=Nc4cccc(O)c43)[C@@H]2C[C@@H]1/C(=C\CO)C(=O)OC.CC[C@@H]1CN2CC[C@@]3(O)C(=Nc4cccc(OC)c43)[C@@H]2C[C@@H]1/C(=C\CO)C(=O)OC. The van der Waals surface area contributed by atoms with Crippen molar-refractivity contribution in [2.75, 3.05) is 60.7 Å². The van der Waals surface area contributed by atoms with E-state index in [1.807, 2.05) is 24.3 Å². The van der Waals surface area contributed by atoms with Crippen LogP contribution in [0.5, 0.6) is 11.5 Å². The minimum absolute atomic E-state index is 0.0615. The predicted octanol–water partition coefficient (Wildman–Crippen LogP) is 4.06. The highest BCUT2D eigenvalue weighted by atomic mass is 16.5. The molecule has 2 aromatic rings. The van der Waals surface area contributed by atoms with Crippen molar-refractivity contribution in [1.82, 2.24) is 9.80 Å². The van der Waals surface area contributed by atoms with Crippen LogP contribution in [0.3, 0.4) is 0 Å². The fraction of sp³-hybridized carbons (Fsp3) is 0.556. The first-order valence-electron chi connectivity index (χ1n) is 20.8. The number of ether oxygens (including phenoxy) is 3. The minimum atomic E-state index is -1.28. The molecule has 0 aromatic heterocycles. The van der Waals surface area contributed by atoms with Crippen LogP contribution in [0.15, 0.2) is 69.7 Å². The molecule has 2 aromatic carbocycles. The lowest BCUT2D eigenvalue weighted by Crippen LogP contribution is -2.60. The fourth-order valence-electron chi connectivity index (χ4n) is 10.9. The molecule has 0 spiro atoms. The number of hydrogen-bond acceptors (Lipinski definition) is 14. The molecule has 8 rings (SSSR count). The lowest BCUT2D eigenvalue weighted by Gasteiger charge is -2.50. The summed E-state index contributed by atoms with van der Waals surface area (Å²) in [5.74, 6) is 0.245. The molecule has 5 N–H and O–H groups in total. The Hall–Kier alpha value is -4.44. The Morgan fingerprint density at radius 1 is 0.746 bits per heavy atom. The van der Waals surface area contributed by atoms with Crippen molar-refractivity contribution in [3.63, 3.8) is 0 Å². The molecule has 8 atom stereocenters. The zero-order valence-electron chi connectivity index (χ0n) is 34.6. The number of aliphatic hydroxyl groups is 4. The van der Waals surface area contributed by atoms with Crippen LogP contribution < -0.4 is 4.74 Å². The third kappa shape index (κ3) is 7.31. The highest BCUT2D eigenvalue weighted by Crippen LogP contribution is 2.53. The summed E-state index contributed by atoms with van der Waals surface area (Å²) in [4.78, 5) is 39.2. The van der Waals surface area contributed by atoms with Crippen LogP contribution in [0.1, 0.15) is 63.5 Å². The summed E-state index contributed by atoms with van der Waals surface area (Å²) in [6.45, 7) is 6.83. The van der Waals surface area contributed by atoms with Crippen LogP contribution in [0.2, 0.25) is 0 Å². The number of phenolic OH excluding ortho intramolecular Hbond substituents is 1. The van der Waals surface area contributed by atoms with E-state index >= 15 is 0 Å². The molecule has 0 radical (unpaired) electrons. The van der Waals surface area contributed by atoms with Gasteiger partial charge >= 0.3 is 11.9 Å². The third-order valence-electron chi connectivity index (χ3n) is 13.8. The Bertz CT molecular complexity index is 2060. The van der Waals surface area contributed by atoms with Gasteiger partial charge in [-0.25, -0.2) is 9.59 Å². The smallest absolute Gasteiger partial charge is 0.333 e. The van der Waals surface area contributed by atoms with Gasteiger partial charge in [-0.1, -0.05) is 38.8 Å². The average Bonchev–Trinajstić information content (AvgIpc) is 3.75. The summed E-state index contributed by atoms with van der Waals surface area (Å²) in [6, 6.07) is 10.6. The maximum atomic E-state index is 12.5. The van der Waals surface area contributed by atoms with E-state index in [-0.39, 0.29) is 54.7 Å². The van der Waals surface area contributed by atoms with Gasteiger partial charge in [0.1, 0.15) is 22.7 Å². The van der Waals surface area contributed by atoms with Gasteiger partial charge in [-0.05, 0) is 85.8 Å². The number of aromatic hydroxyl groups is 1. The van der Waals surface area contributed by atoms with Gasteiger partial charge in [0.25, 0.3) is 0 Å². The normalized spacial score (nSPS) is 31.1. The molecule has 4 fully saturated rings. The zero-order chi connectivity index (χ0) is 42.2. The summed E-state index contributed by atoms with van der Waals surface area (Å²) in [5, 5.41) is 52.6. The molecule has 0 amide bonds. The molecule has 6 aliphatic rings. The van der Waals surface area contributed by atoms with Crippen LogP contribution in [-0.4, -0.2) is 132 Å². The van der Waals surface area contributed by atoms with Crippen molar-refractivity contribution in [2.24, 2.45) is 33.7 Å². The molecule has 318 valence electrons. The Kier molecular flexibility index (Phi) is 12.5. The van der Waals surface area contributed by atoms with E-state index in [1.165, 1.54) is 14.2 Å². The highest BCUT2D eigenvalue weighted by molar-refractivity contribution is 6.06. The van der Waals surface area contributed by atoms with E-state index in [1.54, 1.807) is 31.4 Å². The van der Waals surface area contributed by atoms with E-state index in [9.17, 15) is 35.1 Å². The molecule has 0 bridgehead atoms. The first-order valence-corrected chi connectivity index (χ1v) is 20.8. The van der Waals surface area contributed by atoms with Gasteiger partial charge in [0.2, 0.25) is 0 Å². The maximum absolute atomic E-state index is 12.5. The topological polar surface area (TPSA) is 194 Å². The highest BCUT2D eigenvalue weighted by Gasteiger charge is 2.56. The fourth-order valence-corrected chi connectivity index (χ4v) is 10.9. The number of fused-ring (bicyclic) bond motifs is 10. The quantitative estimate of drug-likeness (QED) is 0.180. The first kappa shape index (κ1) is 42.7. The monoisotopic (exact) mass is 814 g/mol. The standard InChI is InChI=1S/C23H30N2O5.C22H28N2O5/c1-4-14-13-25-10-9-23(28)20-17(6-5-7-19(20)29-2)24-21(23)18(25)12-16(14)15(8-11-26)22(27)30-3;1-3-13-12-24-9-8-22(28)19-16(5-4-6-18(19)26)23-20(22)17(24)11-15(13)14(7-10-25)21(27)29-2/h5-8,14,16,18,26,28H,4,9-13H2,1-3H3;4-7,13,15,17,25-26,28H,3,8-12H2,1-2H3/b15-8+;14-7+/t14-,16+,18+,23+;13-,15+,17+,22+/m11/s1. The second-order valence-corrected chi connectivity index (χ2v) is 16.5. The summed E-state index contributed by atoms with van der Waals surface area (Å²) in [7, 11) is 4.33. The van der Waals surface area contributed by atoms with Crippen molar-refractivity contribution in [3.05, 3.63) is 70.8 Å². The summed E-state index contributed by atoms with van der Waals surface area (Å²) >= 11 is 0. The van der Waals surface area contributed by atoms with Crippen LogP contribution in [0.4, 0.5) is 11.4 Å². The van der Waals surface area contributed by atoms with Gasteiger partial charge in [0, 0.05) is 37.3 Å². The molecular weight excluding hydrogens is 757 g/mol. The lowest BCUT2D eigenvalue weighted by molar-refractivity contribution is -0.138. The summed E-state index contributed by atoms with van der Waals surface area (Å²) in [5.41, 5.74) is 2.56. The Labute approximate surface area is 345 Å². The molecule has 0 saturated carbocycles. The number of esters is 2. The molecular formula is C45H58N4O10. The molecule has 6 aliphatic heterocycles. The van der Waals surface area contributed by atoms with Crippen molar-refractivity contribution < 1.29 is 49.3 Å². The van der Waals surface area contributed by atoms with Crippen molar-refractivity contribution in [1.29, 1.82) is 0 Å². The van der Waals surface area contributed by atoms with Gasteiger partial charge in [-0.2, -0.15) is 0 Å². The van der Waals surface area contributed by atoms with E-state index in [4.69, 9.17) is 24.2 Å². The lowest BCUT2D eigenvalue weighted by atomic mass is 9.70. The molecule has 0 unspecified atom stereocenters. The average molecular weight is 815 g/mol. The van der Waals surface area contributed by atoms with Crippen LogP contribution in [-0.2, 0) is 30.3 Å². The number of nitrogens with zero attached hydrogens (tertiary/aromatic N) is 4. The summed E-state index contributed by atoms with van der Waals surface area (Å²) < 4.78 is 15.5. The third-order valence-corrected chi connectivity index (χ3v) is 13.8. The second kappa shape index (κ2) is 17.3. The minimum Gasteiger partial charge on any atom is -0.507 e. The number of carbonyl (C=O) groups is 2. The van der Waals surface area contributed by atoms with Gasteiger partial charge in [0.15, 0.2) is 0 Å². The van der Waals surface area contributed by atoms with Crippen LogP contribution in [0.25, 0.3) is 0 Å². The number of piperidine rings is 4. The Balaban J connectivity index is 0.000000179. The van der Waals surface area contributed by atoms with E-state index < -0.39 is 23.1 Å². The zero-order valence-corrected chi connectivity index (χ0v) is 34.6. The van der Waals surface area contributed by atoms with Crippen LogP contribution >= 0.6 is 0 Å². The Morgan fingerprint density at radius 3 is 1.64 bits per heavy atom. The van der Waals surface area contributed by atoms with E-state index in [2.05, 4.69) is 23.6 Å². The number of aliphatic imine (C=N–C) groups is 2. The van der Waals surface area contributed by atoms with Crippen LogP contribution in [0, 0.1) is 23.7 Å². The number of phenols is 1. The number of methoxy groups -OCH3 is 3. The van der Waals surface area contributed by atoms with Crippen molar-refractivity contribution >= 4 is 34.7 Å². The molecule has 6 heterocycles. The number of carbonyl (C=O) groups excluding carboxylic acids is 2. The molecule has 14 nitrogen and oxygen atoms in total. The molecule has 59 heavy (non-hydrogen) atoms. The number of benzene rings is 2. The van der Waals surface area contributed by atoms with Gasteiger partial charge in [0.05, 0.1) is 80.6 Å². The molecule has 0 aliphatic carbocycles. The molecule has 14 heteroatoms. The van der Waals surface area contributed by atoms with Crippen molar-refractivity contribution in [3.8, 4) is 11.5 Å². The number of rotatable bonds is 9. The second-order valence-electron chi connectivity index (χ2n) is 16.5. The van der Waals surface area contributed by atoms with Gasteiger partial charge < -0.3 is 39.7 Å². The number of hydrogen-bond donors (Lipinski definition) is 5. The number of aliphatic hydroxyl groups excluding tert-OH is 2. The van der Waals surface area contributed by atoms with Gasteiger partial charge in [-0.3, -0.25) is 19.8 Å². The maximum Gasteiger partial charge on any atom is 0.333 e. The molecule has 4 saturated heterocycles. The van der Waals surface area contributed by atoms with E-state index in [0.29, 0.717) is 66.1 Å². The largest absolute Gasteiger partial charge is 0.507 e. The predicted molar refractivity (Wildman–Crippen MR) is 221 cm³/mol. The van der Waals surface area contributed by atoms with Crippen molar-refractivity contribution in [2.45, 2.75) is 75.7 Å². The Morgan fingerprint density at radius 2 is 1.20 bits per heavy atom. The van der Waals surface area contributed by atoms with E-state index in [0.717, 1.165) is 49.4 Å².